The molecule has 4 nitrogen and oxygen atoms in total. The first-order chi connectivity index (χ1) is 13.1. The summed E-state index contributed by atoms with van der Waals surface area (Å²) in [5.41, 5.74) is 6.80. The second kappa shape index (κ2) is 7.93. The number of benzene rings is 1. The maximum atomic E-state index is 13.3. The van der Waals surface area contributed by atoms with Gasteiger partial charge < -0.3 is 15.5 Å². The number of carbonyl (C=O) groups excluding carboxylic acids is 1. The van der Waals surface area contributed by atoms with Gasteiger partial charge in [-0.05, 0) is 42.9 Å². The highest BCUT2D eigenvalue weighted by molar-refractivity contribution is 5.84. The first-order valence-corrected chi connectivity index (χ1v) is 10.1. The molecule has 1 amide bonds. The topological polar surface area (TPSA) is 49.6 Å². The molecule has 0 spiro atoms. The van der Waals surface area contributed by atoms with Gasteiger partial charge in [-0.25, -0.2) is 0 Å². The quantitative estimate of drug-likeness (QED) is 0.845. The molecule has 7 heteroatoms. The highest BCUT2D eigenvalue weighted by Crippen LogP contribution is 2.45. The van der Waals surface area contributed by atoms with Crippen molar-refractivity contribution >= 4 is 11.6 Å². The molecule has 1 aromatic rings. The smallest absolute Gasteiger partial charge is 0.368 e. The summed E-state index contributed by atoms with van der Waals surface area (Å²) in [7, 11) is 0. The zero-order valence-corrected chi connectivity index (χ0v) is 16.6. The van der Waals surface area contributed by atoms with Crippen molar-refractivity contribution < 1.29 is 18.0 Å². The predicted octanol–water partition coefficient (Wildman–Crippen LogP) is 3.59. The summed E-state index contributed by atoms with van der Waals surface area (Å²) >= 11 is 0. The molecule has 156 valence electrons. The largest absolute Gasteiger partial charge is 0.393 e. The van der Waals surface area contributed by atoms with Gasteiger partial charge in [0.15, 0.2) is 0 Å². The highest BCUT2D eigenvalue weighted by atomic mass is 19.4. The fourth-order valence-corrected chi connectivity index (χ4v) is 4.66. The maximum Gasteiger partial charge on any atom is 0.393 e. The molecule has 1 aliphatic heterocycles. The molecule has 28 heavy (non-hydrogen) atoms. The minimum Gasteiger partial charge on any atom is -0.368 e. The van der Waals surface area contributed by atoms with Gasteiger partial charge in [0.1, 0.15) is 0 Å². The Morgan fingerprint density at radius 3 is 2.46 bits per heavy atom. The Morgan fingerprint density at radius 1 is 1.25 bits per heavy atom. The van der Waals surface area contributed by atoms with E-state index in [-0.39, 0.29) is 28.8 Å². The Kier molecular flexibility index (Phi) is 5.94. The van der Waals surface area contributed by atoms with Gasteiger partial charge in [0, 0.05) is 37.9 Å². The number of amides is 1. The van der Waals surface area contributed by atoms with E-state index in [2.05, 4.69) is 18.7 Å². The van der Waals surface area contributed by atoms with Crippen molar-refractivity contribution in [1.29, 1.82) is 0 Å². The summed E-state index contributed by atoms with van der Waals surface area (Å²) in [6.07, 6.45) is -2.67. The minimum atomic E-state index is -4.21. The Labute approximate surface area is 164 Å². The van der Waals surface area contributed by atoms with Gasteiger partial charge in [0.05, 0.1) is 11.8 Å². The van der Waals surface area contributed by atoms with Crippen LogP contribution < -0.4 is 10.6 Å². The lowest BCUT2D eigenvalue weighted by atomic mass is 9.74. The third-order valence-corrected chi connectivity index (χ3v) is 6.37. The van der Waals surface area contributed by atoms with Crippen molar-refractivity contribution in [3.8, 4) is 0 Å². The summed E-state index contributed by atoms with van der Waals surface area (Å²) in [4.78, 5) is 17.3. The number of halogens is 3. The van der Waals surface area contributed by atoms with Gasteiger partial charge in [-0.15, -0.1) is 0 Å². The van der Waals surface area contributed by atoms with Gasteiger partial charge in [-0.3, -0.25) is 4.79 Å². The molecule has 2 aliphatic rings. The zero-order valence-electron chi connectivity index (χ0n) is 16.6. The zero-order chi connectivity index (χ0) is 20.5. The van der Waals surface area contributed by atoms with Crippen molar-refractivity contribution in [1.82, 2.24) is 4.90 Å². The second-order valence-electron chi connectivity index (χ2n) is 8.55. The molecule has 0 bridgehead atoms. The van der Waals surface area contributed by atoms with E-state index in [4.69, 9.17) is 5.73 Å². The lowest BCUT2D eigenvalue weighted by molar-refractivity contribution is -0.145. The van der Waals surface area contributed by atoms with Gasteiger partial charge in [0.2, 0.25) is 5.91 Å². The van der Waals surface area contributed by atoms with Gasteiger partial charge in [-0.1, -0.05) is 26.0 Å². The van der Waals surface area contributed by atoms with Crippen molar-refractivity contribution in [2.75, 3.05) is 31.1 Å². The Hall–Kier alpha value is -1.76. The second-order valence-corrected chi connectivity index (χ2v) is 8.55. The molecule has 0 unspecified atom stereocenters. The molecule has 2 N–H and O–H groups in total. The van der Waals surface area contributed by atoms with Crippen molar-refractivity contribution in [3.63, 3.8) is 0 Å². The van der Waals surface area contributed by atoms with Crippen LogP contribution in [0.3, 0.4) is 0 Å². The Bertz CT molecular complexity index is 698. The lowest BCUT2D eigenvalue weighted by Crippen LogP contribution is -2.54. The Morgan fingerprint density at radius 2 is 1.93 bits per heavy atom. The van der Waals surface area contributed by atoms with E-state index >= 15 is 0 Å². The molecule has 1 aliphatic carbocycles. The number of piperazine rings is 1. The van der Waals surface area contributed by atoms with Crippen LogP contribution in [0.1, 0.15) is 38.7 Å². The van der Waals surface area contributed by atoms with E-state index < -0.39 is 12.6 Å². The average Bonchev–Trinajstić information content (AvgIpc) is 3.03. The van der Waals surface area contributed by atoms with Gasteiger partial charge in [0.25, 0.3) is 0 Å². The normalized spacial score (nSPS) is 26.2. The highest BCUT2D eigenvalue weighted by Gasteiger charge is 2.48. The van der Waals surface area contributed by atoms with E-state index in [0.717, 1.165) is 24.9 Å². The van der Waals surface area contributed by atoms with Crippen LogP contribution in [0.15, 0.2) is 24.3 Å². The molecule has 2 atom stereocenters. The predicted molar refractivity (Wildman–Crippen MR) is 104 cm³/mol. The van der Waals surface area contributed by atoms with E-state index in [1.165, 1.54) is 6.07 Å². The molecular formula is C21H30F3N3O. The van der Waals surface area contributed by atoms with Gasteiger partial charge in [-0.2, -0.15) is 13.2 Å². The fourth-order valence-electron chi connectivity index (χ4n) is 4.66. The third-order valence-electron chi connectivity index (χ3n) is 6.37. The molecule has 1 saturated carbocycles. The number of nitrogens with zero attached hydrogens (tertiary/aromatic N) is 2. The van der Waals surface area contributed by atoms with E-state index in [0.29, 0.717) is 26.2 Å². The summed E-state index contributed by atoms with van der Waals surface area (Å²) < 4.78 is 38.0. The summed E-state index contributed by atoms with van der Waals surface area (Å²) in [6, 6.07) is 6.71. The number of hydrogen-bond acceptors (Lipinski definition) is 3. The first-order valence-electron chi connectivity index (χ1n) is 10.1. The van der Waals surface area contributed by atoms with Crippen LogP contribution in [0.4, 0.5) is 18.9 Å². The monoisotopic (exact) mass is 397 g/mol. The number of alkyl halides is 3. The lowest BCUT2D eigenvalue weighted by Gasteiger charge is -2.42. The van der Waals surface area contributed by atoms with Gasteiger partial charge >= 0.3 is 6.18 Å². The van der Waals surface area contributed by atoms with Crippen LogP contribution in [0.25, 0.3) is 0 Å². The molecule has 2 fully saturated rings. The summed E-state index contributed by atoms with van der Waals surface area (Å²) in [5.74, 6) is 0.437. The molecule has 1 saturated heterocycles. The van der Waals surface area contributed by atoms with E-state index in [1.54, 1.807) is 12.1 Å². The van der Waals surface area contributed by atoms with E-state index in [1.807, 2.05) is 11.0 Å². The molecule has 0 radical (unpaired) electrons. The van der Waals surface area contributed by atoms with Crippen LogP contribution in [0.2, 0.25) is 0 Å². The standard InChI is InChI=1S/C21H30F3N3O/c1-15(2)20(7-6-17(25)14-20)19(28)27-10-8-26(9-11-27)18-5-3-4-16(12-18)13-21(22,23)24/h3-5,12,15,17H,6-11,13-14,25H2,1-2H3/t17-,20+/m1/s1. The van der Waals surface area contributed by atoms with Crippen molar-refractivity contribution in [3.05, 3.63) is 29.8 Å². The fraction of sp³-hybridized carbons (Fsp3) is 0.667. The molecule has 1 aromatic carbocycles. The maximum absolute atomic E-state index is 13.3. The van der Waals surface area contributed by atoms with Crippen LogP contribution >= 0.6 is 0 Å². The molecule has 0 aromatic heterocycles. The van der Waals surface area contributed by atoms with Crippen LogP contribution in [-0.4, -0.2) is 49.2 Å². The average molecular weight is 397 g/mol. The number of nitrogens with two attached hydrogens (primary N) is 1. The molecular weight excluding hydrogens is 367 g/mol. The van der Waals surface area contributed by atoms with E-state index in [9.17, 15) is 18.0 Å². The van der Waals surface area contributed by atoms with Crippen molar-refractivity contribution in [2.45, 2.75) is 51.7 Å². The third kappa shape index (κ3) is 4.45. The number of carbonyl (C=O) groups is 1. The SMILES string of the molecule is CC(C)[C@]1(C(=O)N2CCN(c3cccc(CC(F)(F)F)c3)CC2)CC[C@@H](N)C1. The molecule has 3 rings (SSSR count). The minimum absolute atomic E-state index is 0.0870. The number of hydrogen-bond donors (Lipinski definition) is 1. The van der Waals surface area contributed by atoms with Crippen molar-refractivity contribution in [2.24, 2.45) is 17.1 Å². The Balaban J connectivity index is 1.65. The molecule has 1 heterocycles. The first kappa shape index (κ1) is 21.0. The number of anilines is 1. The van der Waals surface area contributed by atoms with Crippen LogP contribution in [-0.2, 0) is 11.2 Å². The van der Waals surface area contributed by atoms with Crippen LogP contribution in [0.5, 0.6) is 0 Å². The van der Waals surface area contributed by atoms with Crippen LogP contribution in [0, 0.1) is 11.3 Å². The number of rotatable bonds is 4. The summed E-state index contributed by atoms with van der Waals surface area (Å²) in [5, 5.41) is 0. The summed E-state index contributed by atoms with van der Waals surface area (Å²) in [6.45, 7) is 6.62.